The van der Waals surface area contributed by atoms with Crippen LogP contribution in [0.15, 0.2) is 0 Å². The smallest absolute Gasteiger partial charge is 0.0123 e. The summed E-state index contributed by atoms with van der Waals surface area (Å²) in [5.74, 6) is 1.04. The van der Waals surface area contributed by atoms with Gasteiger partial charge in [0, 0.05) is 12.1 Å². The minimum atomic E-state index is 0.682. The van der Waals surface area contributed by atoms with E-state index in [1.54, 1.807) is 0 Å². The van der Waals surface area contributed by atoms with E-state index in [0.717, 1.165) is 12.0 Å². The first kappa shape index (κ1) is 13.4. The van der Waals surface area contributed by atoms with E-state index < -0.39 is 0 Å². The van der Waals surface area contributed by atoms with Crippen LogP contribution >= 0.6 is 0 Å². The number of nitrogens with zero attached hydrogens (tertiary/aromatic N) is 1. The van der Waals surface area contributed by atoms with Gasteiger partial charge >= 0.3 is 0 Å². The number of fused-ring (bicyclic) bond motifs is 1. The first-order valence-corrected chi connectivity index (χ1v) is 7.72. The molecule has 2 aliphatic rings. The van der Waals surface area contributed by atoms with Crippen LogP contribution in [0, 0.1) is 5.92 Å². The number of piperidine rings is 1. The van der Waals surface area contributed by atoms with Crippen LogP contribution in [0.25, 0.3) is 0 Å². The van der Waals surface area contributed by atoms with Crippen LogP contribution in [0.3, 0.4) is 0 Å². The summed E-state index contributed by atoms with van der Waals surface area (Å²) < 4.78 is 0. The average Bonchev–Trinajstić information content (AvgIpc) is 2.39. The van der Waals surface area contributed by atoms with E-state index in [1.165, 1.54) is 64.5 Å². The highest BCUT2D eigenvalue weighted by molar-refractivity contribution is 4.87. The summed E-state index contributed by atoms with van der Waals surface area (Å²) >= 11 is 0. The number of hydrogen-bond acceptors (Lipinski definition) is 2. The van der Waals surface area contributed by atoms with Crippen LogP contribution < -0.4 is 5.32 Å². The largest absolute Gasteiger partial charge is 0.317 e. The van der Waals surface area contributed by atoms with Crippen LogP contribution in [-0.2, 0) is 0 Å². The molecule has 100 valence electrons. The fourth-order valence-electron chi connectivity index (χ4n) is 3.75. The molecule has 0 aromatic heterocycles. The molecule has 17 heavy (non-hydrogen) atoms. The Kier molecular flexibility index (Phi) is 5.30. The number of hydrogen-bond donors (Lipinski definition) is 1. The molecule has 2 rings (SSSR count). The fraction of sp³-hybridized carbons (Fsp3) is 1.00. The average molecular weight is 238 g/mol. The van der Waals surface area contributed by atoms with Crippen molar-refractivity contribution in [3.63, 3.8) is 0 Å². The zero-order valence-corrected chi connectivity index (χ0v) is 11.8. The summed E-state index contributed by atoms with van der Waals surface area (Å²) in [4.78, 5) is 2.82. The van der Waals surface area contributed by atoms with Crippen molar-refractivity contribution < 1.29 is 0 Å². The maximum Gasteiger partial charge on any atom is 0.0123 e. The normalized spacial score (nSPS) is 32.1. The van der Waals surface area contributed by atoms with Crippen LogP contribution in [0.4, 0.5) is 0 Å². The van der Waals surface area contributed by atoms with E-state index >= 15 is 0 Å². The Labute approximate surface area is 107 Å². The highest BCUT2D eigenvalue weighted by Gasteiger charge is 2.32. The molecule has 0 aromatic rings. The van der Waals surface area contributed by atoms with Crippen molar-refractivity contribution in [3.05, 3.63) is 0 Å². The highest BCUT2D eigenvalue weighted by atomic mass is 15.2. The monoisotopic (exact) mass is 238 g/mol. The molecule has 0 radical (unpaired) electrons. The molecule has 0 bridgehead atoms. The second-order valence-corrected chi connectivity index (χ2v) is 6.12. The van der Waals surface area contributed by atoms with Gasteiger partial charge in [-0.1, -0.05) is 12.8 Å². The van der Waals surface area contributed by atoms with E-state index in [9.17, 15) is 0 Å². The quantitative estimate of drug-likeness (QED) is 0.792. The molecule has 1 N–H and O–H groups in total. The van der Waals surface area contributed by atoms with E-state index in [1.807, 2.05) is 0 Å². The molecular formula is C15H30N2. The summed E-state index contributed by atoms with van der Waals surface area (Å²) in [5.41, 5.74) is 0. The zero-order valence-electron chi connectivity index (χ0n) is 11.8. The van der Waals surface area contributed by atoms with E-state index in [2.05, 4.69) is 24.2 Å². The standard InChI is InChI=1S/C15H30N2/c1-13(16-2)7-5-11-17-12-6-9-14-8-3-4-10-15(14)17/h13-16H,3-12H2,1-2H3. The van der Waals surface area contributed by atoms with Gasteiger partial charge in [0.05, 0.1) is 0 Å². The summed E-state index contributed by atoms with van der Waals surface area (Å²) in [6, 6.07) is 1.63. The van der Waals surface area contributed by atoms with E-state index in [4.69, 9.17) is 0 Å². The van der Waals surface area contributed by atoms with Gasteiger partial charge in [0.1, 0.15) is 0 Å². The molecule has 1 aliphatic carbocycles. The van der Waals surface area contributed by atoms with Gasteiger partial charge in [0.25, 0.3) is 0 Å². The van der Waals surface area contributed by atoms with Gasteiger partial charge in [-0.05, 0) is 71.5 Å². The molecule has 3 atom stereocenters. The lowest BCUT2D eigenvalue weighted by atomic mass is 9.78. The Bertz CT molecular complexity index is 215. The molecule has 2 fully saturated rings. The van der Waals surface area contributed by atoms with Gasteiger partial charge in [-0.25, -0.2) is 0 Å². The summed E-state index contributed by atoms with van der Waals surface area (Å²) in [6.45, 7) is 5.00. The van der Waals surface area contributed by atoms with Crippen molar-refractivity contribution in [2.24, 2.45) is 5.92 Å². The van der Waals surface area contributed by atoms with Crippen molar-refractivity contribution in [1.82, 2.24) is 10.2 Å². The van der Waals surface area contributed by atoms with Crippen molar-refractivity contribution in [2.75, 3.05) is 20.1 Å². The minimum absolute atomic E-state index is 0.682. The van der Waals surface area contributed by atoms with Gasteiger partial charge in [-0.2, -0.15) is 0 Å². The second kappa shape index (κ2) is 6.75. The van der Waals surface area contributed by atoms with Crippen LogP contribution in [0.1, 0.15) is 58.3 Å². The maximum absolute atomic E-state index is 3.34. The highest BCUT2D eigenvalue weighted by Crippen LogP contribution is 2.35. The molecule has 2 nitrogen and oxygen atoms in total. The minimum Gasteiger partial charge on any atom is -0.317 e. The first-order chi connectivity index (χ1) is 8.31. The molecule has 0 spiro atoms. The molecule has 1 saturated heterocycles. The third-order valence-corrected chi connectivity index (χ3v) is 4.93. The topological polar surface area (TPSA) is 15.3 Å². The molecule has 1 heterocycles. The summed E-state index contributed by atoms with van der Waals surface area (Å²) in [7, 11) is 2.07. The lowest BCUT2D eigenvalue weighted by Crippen LogP contribution is -2.47. The Morgan fingerprint density at radius 3 is 2.76 bits per heavy atom. The molecule has 2 heteroatoms. The maximum atomic E-state index is 3.34. The zero-order chi connectivity index (χ0) is 12.1. The molecule has 0 aromatic carbocycles. The molecule has 1 aliphatic heterocycles. The van der Waals surface area contributed by atoms with Gasteiger partial charge in [-0.3, -0.25) is 0 Å². The van der Waals surface area contributed by atoms with Crippen molar-refractivity contribution in [3.8, 4) is 0 Å². The fourth-order valence-corrected chi connectivity index (χ4v) is 3.75. The lowest BCUT2D eigenvalue weighted by Gasteiger charge is -2.44. The number of nitrogens with one attached hydrogen (secondary N) is 1. The first-order valence-electron chi connectivity index (χ1n) is 7.72. The van der Waals surface area contributed by atoms with Gasteiger partial charge in [0.2, 0.25) is 0 Å². The summed E-state index contributed by atoms with van der Waals surface area (Å²) in [5, 5.41) is 3.34. The van der Waals surface area contributed by atoms with Crippen molar-refractivity contribution in [1.29, 1.82) is 0 Å². The van der Waals surface area contributed by atoms with Crippen LogP contribution in [-0.4, -0.2) is 37.1 Å². The van der Waals surface area contributed by atoms with Gasteiger partial charge in [0.15, 0.2) is 0 Å². The molecule has 1 saturated carbocycles. The van der Waals surface area contributed by atoms with Crippen molar-refractivity contribution >= 4 is 0 Å². The number of likely N-dealkylation sites (tertiary alicyclic amines) is 1. The predicted molar refractivity (Wildman–Crippen MR) is 74.3 cm³/mol. The number of rotatable bonds is 5. The van der Waals surface area contributed by atoms with E-state index in [-0.39, 0.29) is 0 Å². The Morgan fingerprint density at radius 2 is 1.94 bits per heavy atom. The van der Waals surface area contributed by atoms with E-state index in [0.29, 0.717) is 6.04 Å². The lowest BCUT2D eigenvalue weighted by molar-refractivity contribution is 0.0592. The third-order valence-electron chi connectivity index (χ3n) is 4.93. The SMILES string of the molecule is CNC(C)CCCN1CCCC2CCCCC21. The van der Waals surface area contributed by atoms with Gasteiger partial charge < -0.3 is 10.2 Å². The van der Waals surface area contributed by atoms with Crippen molar-refractivity contribution in [2.45, 2.75) is 70.4 Å². The van der Waals surface area contributed by atoms with Gasteiger partial charge in [-0.15, -0.1) is 0 Å². The third kappa shape index (κ3) is 3.69. The molecule has 0 amide bonds. The molecular weight excluding hydrogens is 208 g/mol. The van der Waals surface area contributed by atoms with Crippen LogP contribution in [0.5, 0.6) is 0 Å². The summed E-state index contributed by atoms with van der Waals surface area (Å²) in [6.07, 6.45) is 11.6. The second-order valence-electron chi connectivity index (χ2n) is 6.12. The Balaban J connectivity index is 1.74. The molecule has 3 unspecified atom stereocenters. The predicted octanol–water partition coefficient (Wildman–Crippen LogP) is 3.03. The Hall–Kier alpha value is -0.0800. The van der Waals surface area contributed by atoms with Crippen LogP contribution in [0.2, 0.25) is 0 Å². The Morgan fingerprint density at radius 1 is 1.18 bits per heavy atom.